The van der Waals surface area contributed by atoms with Gasteiger partial charge >= 0.3 is 13.2 Å². The van der Waals surface area contributed by atoms with Gasteiger partial charge in [0.05, 0.1) is 42.0 Å². The van der Waals surface area contributed by atoms with Crippen molar-refractivity contribution in [3.63, 3.8) is 0 Å². The van der Waals surface area contributed by atoms with Gasteiger partial charge in [-0.25, -0.2) is 4.79 Å². The Morgan fingerprint density at radius 2 is 1.92 bits per heavy atom. The molecule has 284 valence electrons. The first-order valence-corrected chi connectivity index (χ1v) is 19.6. The third-order valence-electron chi connectivity index (χ3n) is 13.7. The van der Waals surface area contributed by atoms with Crippen LogP contribution in [-0.2, 0) is 30.0 Å². The summed E-state index contributed by atoms with van der Waals surface area (Å²) >= 11 is 0. The maximum Gasteiger partial charge on any atom is 0.482 e. The molecule has 3 aliphatic heterocycles. The normalized spacial score (nSPS) is 34.2. The first-order chi connectivity index (χ1) is 24.5. The number of rotatable bonds is 11. The van der Waals surface area contributed by atoms with Crippen molar-refractivity contribution in [1.29, 1.82) is 5.26 Å². The minimum absolute atomic E-state index is 0.0122. The van der Waals surface area contributed by atoms with Crippen LogP contribution in [0.25, 0.3) is 0 Å². The average molecular weight is 717 g/mol. The molecule has 11 heteroatoms. The quantitative estimate of drug-likeness (QED) is 0.209. The molecular weight excluding hydrogens is 655 g/mol. The van der Waals surface area contributed by atoms with Crippen molar-refractivity contribution in [3.8, 4) is 6.07 Å². The lowest BCUT2D eigenvalue weighted by atomic mass is 9.43. The molecule has 7 rings (SSSR count). The zero-order valence-electron chi connectivity index (χ0n) is 32.9. The summed E-state index contributed by atoms with van der Waals surface area (Å²) in [4.78, 5) is 32.3. The second-order valence-electron chi connectivity index (χ2n) is 17.8. The van der Waals surface area contributed by atoms with Gasteiger partial charge in [0.1, 0.15) is 12.5 Å². The molecule has 3 aliphatic carbocycles. The van der Waals surface area contributed by atoms with Crippen molar-refractivity contribution in [2.75, 3.05) is 26.3 Å². The molecule has 9 atom stereocenters. The summed E-state index contributed by atoms with van der Waals surface area (Å²) in [5.74, 6) is -0.617. The monoisotopic (exact) mass is 716 g/mol. The average Bonchev–Trinajstić information content (AvgIpc) is 3.64. The molecule has 10 nitrogen and oxygen atoms in total. The lowest BCUT2D eigenvalue weighted by Crippen LogP contribution is -2.65. The molecule has 0 radical (unpaired) electrons. The van der Waals surface area contributed by atoms with Gasteiger partial charge in [0.25, 0.3) is 0 Å². The molecule has 0 spiro atoms. The number of alkyl carbamates (subject to hydrolysis) is 1. The van der Waals surface area contributed by atoms with E-state index in [-0.39, 0.29) is 41.7 Å². The van der Waals surface area contributed by atoms with Crippen LogP contribution in [0.2, 0.25) is 0 Å². The van der Waals surface area contributed by atoms with Crippen LogP contribution >= 0.6 is 0 Å². The second kappa shape index (κ2) is 14.7. The van der Waals surface area contributed by atoms with E-state index in [9.17, 15) is 14.9 Å². The third kappa shape index (κ3) is 7.17. The highest BCUT2D eigenvalue weighted by atomic mass is 16.7. The summed E-state index contributed by atoms with van der Waals surface area (Å²) in [5, 5.41) is 13.5. The predicted octanol–water partition coefficient (Wildman–Crippen LogP) is 6.34. The molecule has 1 aromatic rings. The van der Waals surface area contributed by atoms with Gasteiger partial charge in [0, 0.05) is 24.7 Å². The van der Waals surface area contributed by atoms with E-state index in [0.29, 0.717) is 37.7 Å². The van der Waals surface area contributed by atoms with Gasteiger partial charge in [0.15, 0.2) is 0 Å². The molecule has 2 amide bonds. The molecule has 3 heterocycles. The lowest BCUT2D eigenvalue weighted by Gasteiger charge is -2.64. The van der Waals surface area contributed by atoms with Gasteiger partial charge in [-0.15, -0.1) is 0 Å². The van der Waals surface area contributed by atoms with Crippen molar-refractivity contribution >= 4 is 19.1 Å². The highest BCUT2D eigenvalue weighted by Crippen LogP contribution is 2.65. The lowest BCUT2D eigenvalue weighted by molar-refractivity contribution is -0.199. The Kier molecular flexibility index (Phi) is 11.0. The minimum Gasteiger partial charge on any atom is -0.447 e. The number of benzene rings is 1. The largest absolute Gasteiger partial charge is 0.482 e. The summed E-state index contributed by atoms with van der Waals surface area (Å²) in [6, 6.07) is 12.3. The van der Waals surface area contributed by atoms with E-state index in [1.807, 2.05) is 56.0 Å². The molecule has 1 aromatic carbocycles. The number of ether oxygens (including phenoxy) is 2. The summed E-state index contributed by atoms with van der Waals surface area (Å²) in [6.45, 7) is 21.4. The van der Waals surface area contributed by atoms with Crippen LogP contribution in [0.5, 0.6) is 0 Å². The highest BCUT2D eigenvalue weighted by Gasteiger charge is 2.68. The van der Waals surface area contributed by atoms with Gasteiger partial charge in [-0.2, -0.15) is 5.26 Å². The number of carbonyl (C=O) groups is 2. The van der Waals surface area contributed by atoms with E-state index in [2.05, 4.69) is 63.9 Å². The zero-order chi connectivity index (χ0) is 37.6. The van der Waals surface area contributed by atoms with Crippen molar-refractivity contribution in [2.24, 2.45) is 23.2 Å². The molecule has 1 N–H and O–H groups in total. The number of hydrogen-bond acceptors (Lipinski definition) is 8. The van der Waals surface area contributed by atoms with Gasteiger partial charge in [0.2, 0.25) is 5.91 Å². The number of amides is 2. The zero-order valence-corrected chi connectivity index (χ0v) is 32.9. The third-order valence-corrected chi connectivity index (χ3v) is 13.7. The first kappa shape index (κ1) is 38.8. The van der Waals surface area contributed by atoms with Crippen LogP contribution in [0.3, 0.4) is 0 Å². The van der Waals surface area contributed by atoms with E-state index in [4.69, 9.17) is 18.8 Å². The summed E-state index contributed by atoms with van der Waals surface area (Å²) < 4.78 is 25.2. The van der Waals surface area contributed by atoms with E-state index in [0.717, 1.165) is 43.5 Å². The van der Waals surface area contributed by atoms with Crippen LogP contribution in [-0.4, -0.2) is 96.1 Å². The Balaban J connectivity index is 1.15. The van der Waals surface area contributed by atoms with Gasteiger partial charge < -0.3 is 29.0 Å². The Morgan fingerprint density at radius 1 is 1.19 bits per heavy atom. The van der Waals surface area contributed by atoms with Crippen LogP contribution in [0, 0.1) is 34.5 Å². The Labute approximate surface area is 312 Å². The Morgan fingerprint density at radius 3 is 2.58 bits per heavy atom. The molecule has 52 heavy (non-hydrogen) atoms. The smallest absolute Gasteiger partial charge is 0.447 e. The van der Waals surface area contributed by atoms with E-state index in [1.165, 1.54) is 0 Å². The van der Waals surface area contributed by atoms with Crippen molar-refractivity contribution in [2.45, 2.75) is 142 Å². The van der Waals surface area contributed by atoms with E-state index in [1.54, 1.807) is 0 Å². The maximum atomic E-state index is 14.4. The number of nitrogens with one attached hydrogen (secondary N) is 1. The highest BCUT2D eigenvalue weighted by molar-refractivity contribution is 6.47. The van der Waals surface area contributed by atoms with Gasteiger partial charge in [-0.05, 0) is 108 Å². The summed E-state index contributed by atoms with van der Waals surface area (Å²) in [5.41, 5.74) is 0.519. The minimum atomic E-state index is -0.939. The van der Waals surface area contributed by atoms with Crippen molar-refractivity contribution in [1.82, 2.24) is 15.1 Å². The van der Waals surface area contributed by atoms with Crippen molar-refractivity contribution < 1.29 is 28.4 Å². The van der Waals surface area contributed by atoms with Gasteiger partial charge in [-0.3, -0.25) is 9.69 Å². The number of likely N-dealkylation sites (tertiary alicyclic amines) is 1. The maximum absolute atomic E-state index is 14.4. The number of nitriles is 1. The molecular formula is C41H61BN4O6. The van der Waals surface area contributed by atoms with Crippen LogP contribution in [0.15, 0.2) is 42.0 Å². The number of hydrogen-bond donors (Lipinski definition) is 1. The SMILES string of the molecule is CCC1(COC(=O)NC(Cc2ccccc2)B2O[C@@H]3CC4CC(C4(C)C)[C@]3(C)O2)CCC(C)N1C(=O)C(C#N)C(C)=CC(C)(C)N1CCOC(C)C1. The fourth-order valence-corrected chi connectivity index (χ4v) is 10.3. The molecule has 2 bridgehead atoms. The van der Waals surface area contributed by atoms with Gasteiger partial charge in [-0.1, -0.05) is 57.2 Å². The second-order valence-corrected chi connectivity index (χ2v) is 17.8. The molecule has 3 saturated heterocycles. The van der Waals surface area contributed by atoms with E-state index < -0.39 is 36.2 Å². The molecule has 6 aliphatic rings. The number of carbonyl (C=O) groups excluding carboxylic acids is 2. The van der Waals surface area contributed by atoms with Crippen LogP contribution < -0.4 is 5.32 Å². The van der Waals surface area contributed by atoms with Crippen LogP contribution in [0.1, 0.15) is 100.0 Å². The fraction of sp³-hybridized carbons (Fsp3) is 0.732. The Bertz CT molecular complexity index is 1550. The summed E-state index contributed by atoms with van der Waals surface area (Å²) in [7, 11) is -0.612. The van der Waals surface area contributed by atoms with E-state index >= 15 is 0 Å². The topological polar surface area (TPSA) is 113 Å². The standard InChI is InChI=1S/C41H61BN4O6/c1-10-41(17-16-28(3)46(41)36(47)32(24-43)27(2)23-38(5,6)45-18-19-49-29(4)25-45)26-50-37(48)44-35(20-30-14-12-11-13-15-30)42-51-34-22-31-21-33(39(31,7)8)40(34,9)52-42/h11-15,23,28-29,31-35H,10,16-22,25-26H2,1-9H3,(H,44,48)/t28?,29?,31?,32?,33?,34-,35?,40+,41?/m1/s1. The fourth-order valence-electron chi connectivity index (χ4n) is 10.3. The molecule has 6 fully saturated rings. The number of morpholine rings is 1. The first-order valence-electron chi connectivity index (χ1n) is 19.6. The molecule has 7 unspecified atom stereocenters. The predicted molar refractivity (Wildman–Crippen MR) is 201 cm³/mol. The van der Waals surface area contributed by atoms with Crippen molar-refractivity contribution in [3.05, 3.63) is 47.5 Å². The summed E-state index contributed by atoms with van der Waals surface area (Å²) in [6.07, 6.45) is 6.29. The molecule has 0 aromatic heterocycles. The Hall–Kier alpha value is -2.91. The number of nitrogens with zero attached hydrogens (tertiary/aromatic N) is 3. The molecule has 3 saturated carbocycles. The van der Waals surface area contributed by atoms with Crippen LogP contribution in [0.4, 0.5) is 4.79 Å².